The molecule has 3 unspecified atom stereocenters. The Labute approximate surface area is 222 Å². The lowest BCUT2D eigenvalue weighted by Gasteiger charge is -2.15. The number of carbonyl (C=O) groups excluding carboxylic acids is 2. The van der Waals surface area contributed by atoms with E-state index in [1.54, 1.807) is 36.7 Å². The first-order chi connectivity index (χ1) is 18.9. The third kappa shape index (κ3) is 4.97. The summed E-state index contributed by atoms with van der Waals surface area (Å²) >= 11 is 0. The molecule has 2 bridgehead atoms. The van der Waals surface area contributed by atoms with Gasteiger partial charge in [-0.2, -0.15) is 0 Å². The van der Waals surface area contributed by atoms with E-state index in [9.17, 15) is 18.4 Å². The molecular weight excluding hydrogens is 504 g/mol. The van der Waals surface area contributed by atoms with Gasteiger partial charge in [-0.15, -0.1) is 0 Å². The van der Waals surface area contributed by atoms with Gasteiger partial charge in [-0.25, -0.2) is 23.5 Å². The number of methoxy groups -OCH3 is 1. The standard InChI is InChI=1S/C29H25F2N5O3/c1-39-29(38)34-18-6-7-19-24(12-18)35-26(37)11-17-9-16(17)10-20(28-33-14-25(19)36-28)23-8-5-15(13-32-23)27-21(30)3-2-4-22(27)31/h2-8,12-14,16-17,20H,9-11H2,1H3,(H,33,36)(H,34,38)(H,35,37)/p+1. The van der Waals surface area contributed by atoms with Crippen molar-refractivity contribution in [3.05, 3.63) is 84.1 Å². The Morgan fingerprint density at radius 3 is 2.67 bits per heavy atom. The maximum absolute atomic E-state index is 14.3. The highest BCUT2D eigenvalue weighted by molar-refractivity contribution is 5.97. The van der Waals surface area contributed by atoms with Crippen LogP contribution in [0.2, 0.25) is 0 Å². The lowest BCUT2D eigenvalue weighted by Crippen LogP contribution is -2.19. The average molecular weight is 531 g/mol. The first kappa shape index (κ1) is 24.7. The quantitative estimate of drug-likeness (QED) is 0.324. The number of carbonyl (C=O) groups is 2. The van der Waals surface area contributed by atoms with E-state index >= 15 is 0 Å². The van der Waals surface area contributed by atoms with Crippen molar-refractivity contribution in [3.8, 4) is 22.4 Å². The van der Waals surface area contributed by atoms with E-state index in [-0.39, 0.29) is 23.3 Å². The fourth-order valence-corrected chi connectivity index (χ4v) is 5.34. The smallest absolute Gasteiger partial charge is 0.411 e. The van der Waals surface area contributed by atoms with Crippen LogP contribution in [0.1, 0.15) is 36.7 Å². The number of amides is 2. The molecule has 1 aliphatic carbocycles. The minimum absolute atomic E-state index is 0.0785. The van der Waals surface area contributed by atoms with Gasteiger partial charge >= 0.3 is 6.09 Å². The van der Waals surface area contributed by atoms with Gasteiger partial charge < -0.3 is 15.0 Å². The highest BCUT2D eigenvalue weighted by Gasteiger charge is 2.42. The summed E-state index contributed by atoms with van der Waals surface area (Å²) < 4.78 is 33.3. The fourth-order valence-electron chi connectivity index (χ4n) is 5.34. The Hall–Kier alpha value is -4.60. The Balaban J connectivity index is 1.37. The van der Waals surface area contributed by atoms with Crippen LogP contribution in [0.3, 0.4) is 0 Å². The number of halogens is 2. The molecule has 1 saturated carbocycles. The number of pyridine rings is 1. The molecule has 2 aromatic carbocycles. The van der Waals surface area contributed by atoms with E-state index in [1.807, 2.05) is 6.07 Å². The number of fused-ring (bicyclic) bond motifs is 5. The molecule has 0 saturated heterocycles. The number of hydrogen-bond acceptors (Lipinski definition) is 4. The predicted molar refractivity (Wildman–Crippen MR) is 140 cm³/mol. The molecule has 4 N–H and O–H groups in total. The van der Waals surface area contributed by atoms with Gasteiger partial charge in [0.15, 0.2) is 11.9 Å². The molecule has 6 rings (SSSR count). The van der Waals surface area contributed by atoms with E-state index in [0.29, 0.717) is 35.0 Å². The van der Waals surface area contributed by atoms with Gasteiger partial charge in [0.1, 0.15) is 23.4 Å². The van der Waals surface area contributed by atoms with E-state index in [4.69, 9.17) is 0 Å². The van der Waals surface area contributed by atoms with Crippen LogP contribution in [0.25, 0.3) is 22.4 Å². The minimum Gasteiger partial charge on any atom is -0.453 e. The molecule has 2 aromatic heterocycles. The highest BCUT2D eigenvalue weighted by atomic mass is 19.1. The monoisotopic (exact) mass is 530 g/mol. The normalized spacial score (nSPS) is 20.0. The molecule has 198 valence electrons. The van der Waals surface area contributed by atoms with E-state index in [0.717, 1.165) is 29.9 Å². The summed E-state index contributed by atoms with van der Waals surface area (Å²) in [5.41, 5.74) is 3.63. The Morgan fingerprint density at radius 2 is 1.92 bits per heavy atom. The second-order valence-electron chi connectivity index (χ2n) is 9.98. The number of H-pyrrole nitrogens is 2. The third-order valence-electron chi connectivity index (χ3n) is 7.46. The van der Waals surface area contributed by atoms with Crippen LogP contribution in [0, 0.1) is 23.5 Å². The Bertz CT molecular complexity index is 1550. The second-order valence-corrected chi connectivity index (χ2v) is 9.98. The number of nitrogens with zero attached hydrogens (tertiary/aromatic N) is 1. The summed E-state index contributed by atoms with van der Waals surface area (Å²) in [4.78, 5) is 36.0. The van der Waals surface area contributed by atoms with Crippen molar-refractivity contribution in [2.24, 2.45) is 11.8 Å². The van der Waals surface area contributed by atoms with Gasteiger partial charge in [-0.3, -0.25) is 10.1 Å². The van der Waals surface area contributed by atoms with Crippen LogP contribution in [0.15, 0.2) is 60.9 Å². The fraction of sp³-hybridized carbons (Fsp3) is 0.241. The SMILES string of the molecule is COC(=O)Nc1ccc2c(c1)NC(=O)CC1CC1CC(c1ccc(-c3c(F)cccc3F)c[nH+]1)c1ncc-2[nH]1. The number of imidazole rings is 1. The number of hydrogen-bond donors (Lipinski definition) is 3. The van der Waals surface area contributed by atoms with Gasteiger partial charge in [0.25, 0.3) is 0 Å². The zero-order valence-electron chi connectivity index (χ0n) is 21.1. The predicted octanol–water partition coefficient (Wildman–Crippen LogP) is 5.51. The van der Waals surface area contributed by atoms with Crippen LogP contribution in [0.5, 0.6) is 0 Å². The second kappa shape index (κ2) is 9.94. The molecule has 39 heavy (non-hydrogen) atoms. The molecule has 10 heteroatoms. The molecule has 2 amide bonds. The molecule has 3 atom stereocenters. The molecule has 1 aliphatic heterocycles. The molecule has 8 nitrogen and oxygen atoms in total. The third-order valence-corrected chi connectivity index (χ3v) is 7.46. The highest BCUT2D eigenvalue weighted by Crippen LogP contribution is 2.48. The summed E-state index contributed by atoms with van der Waals surface area (Å²) in [5.74, 6) is -0.170. The van der Waals surface area contributed by atoms with Crippen LogP contribution >= 0.6 is 0 Å². The molecule has 4 aromatic rings. The molecule has 3 heterocycles. The number of rotatable bonds is 3. The van der Waals surface area contributed by atoms with Crippen molar-refractivity contribution in [2.75, 3.05) is 17.7 Å². The Morgan fingerprint density at radius 1 is 1.10 bits per heavy atom. The van der Waals surface area contributed by atoms with Crippen molar-refractivity contribution in [3.63, 3.8) is 0 Å². The molecule has 2 aliphatic rings. The lowest BCUT2D eigenvalue weighted by molar-refractivity contribution is -0.391. The number of aromatic nitrogens is 3. The largest absolute Gasteiger partial charge is 0.453 e. The molecule has 1 fully saturated rings. The van der Waals surface area contributed by atoms with E-state index in [2.05, 4.69) is 30.3 Å². The summed E-state index contributed by atoms with van der Waals surface area (Å²) in [6.07, 6.45) is 4.80. The number of nitrogens with one attached hydrogen (secondary N) is 4. The van der Waals surface area contributed by atoms with Crippen LogP contribution in [0.4, 0.5) is 25.0 Å². The molecule has 0 radical (unpaired) electrons. The maximum atomic E-state index is 14.3. The number of aromatic amines is 2. The van der Waals surface area contributed by atoms with Crippen molar-refractivity contribution < 1.29 is 28.1 Å². The minimum atomic E-state index is -0.624. The van der Waals surface area contributed by atoms with Gasteiger partial charge in [0.05, 0.1) is 35.8 Å². The van der Waals surface area contributed by atoms with E-state index in [1.165, 1.54) is 25.3 Å². The zero-order valence-corrected chi connectivity index (χ0v) is 21.1. The summed E-state index contributed by atoms with van der Waals surface area (Å²) in [6, 6.07) is 12.6. The topological polar surface area (TPSA) is 110 Å². The first-order valence-corrected chi connectivity index (χ1v) is 12.7. The van der Waals surface area contributed by atoms with E-state index < -0.39 is 17.7 Å². The molecular formula is C29H26F2N5O3+. The summed E-state index contributed by atoms with van der Waals surface area (Å²) in [6.45, 7) is 0. The summed E-state index contributed by atoms with van der Waals surface area (Å²) in [7, 11) is 1.28. The van der Waals surface area contributed by atoms with Crippen LogP contribution in [-0.2, 0) is 9.53 Å². The van der Waals surface area contributed by atoms with Crippen LogP contribution in [-0.4, -0.2) is 29.1 Å². The number of ether oxygens (including phenoxy) is 1. The lowest BCUT2D eigenvalue weighted by atomic mass is 9.94. The van der Waals surface area contributed by atoms with Crippen LogP contribution < -0.4 is 15.6 Å². The van der Waals surface area contributed by atoms with Gasteiger partial charge in [0.2, 0.25) is 5.91 Å². The van der Waals surface area contributed by atoms with Gasteiger partial charge in [-0.05, 0) is 61.1 Å². The Kier molecular flexibility index (Phi) is 6.30. The maximum Gasteiger partial charge on any atom is 0.411 e. The van der Waals surface area contributed by atoms with Crippen molar-refractivity contribution in [1.82, 2.24) is 9.97 Å². The number of benzene rings is 2. The molecule has 0 spiro atoms. The average Bonchev–Trinajstić information content (AvgIpc) is 3.45. The number of anilines is 2. The summed E-state index contributed by atoms with van der Waals surface area (Å²) in [5, 5.41) is 5.62. The van der Waals surface area contributed by atoms with Crippen molar-refractivity contribution in [2.45, 2.75) is 25.2 Å². The van der Waals surface area contributed by atoms with Crippen molar-refractivity contribution in [1.29, 1.82) is 0 Å². The van der Waals surface area contributed by atoms with Gasteiger partial charge in [-0.1, -0.05) is 6.07 Å². The first-order valence-electron chi connectivity index (χ1n) is 12.7. The zero-order chi connectivity index (χ0) is 27.1. The van der Waals surface area contributed by atoms with Gasteiger partial charge in [0, 0.05) is 23.7 Å². The van der Waals surface area contributed by atoms with Crippen molar-refractivity contribution >= 4 is 23.4 Å².